The molecule has 1 aliphatic rings. The Kier molecular flexibility index (Phi) is 4.94. The lowest BCUT2D eigenvalue weighted by atomic mass is 9.96. The van der Waals surface area contributed by atoms with Crippen LogP contribution >= 0.6 is 0 Å². The van der Waals surface area contributed by atoms with E-state index in [1.807, 2.05) is 0 Å². The maximum Gasteiger partial charge on any atom is 0.391 e. The number of halogens is 3. The third kappa shape index (κ3) is 4.52. The van der Waals surface area contributed by atoms with Crippen molar-refractivity contribution < 1.29 is 32.6 Å². The number of carboxylic acid groups (broad SMARTS) is 1. The molecule has 104 valence electrons. The molecule has 5 nitrogen and oxygen atoms in total. The number of piperidine rings is 1. The van der Waals surface area contributed by atoms with Crippen LogP contribution in [0.15, 0.2) is 0 Å². The molecule has 0 saturated carbocycles. The van der Waals surface area contributed by atoms with Gasteiger partial charge in [-0.2, -0.15) is 13.2 Å². The average Bonchev–Trinajstić information content (AvgIpc) is 2.27. The Labute approximate surface area is 102 Å². The number of hydrogen-bond acceptors (Lipinski definition) is 3. The highest BCUT2D eigenvalue weighted by molar-refractivity contribution is 5.78. The van der Waals surface area contributed by atoms with Crippen LogP contribution in [0.3, 0.4) is 0 Å². The van der Waals surface area contributed by atoms with Crippen molar-refractivity contribution in [1.82, 2.24) is 4.90 Å². The van der Waals surface area contributed by atoms with E-state index in [1.165, 1.54) is 4.90 Å². The Balaban J connectivity index is 2.30. The number of aliphatic carboxylic acids is 1. The summed E-state index contributed by atoms with van der Waals surface area (Å²) in [7, 11) is 0. The molecule has 0 atom stereocenters. The molecule has 1 rings (SSSR count). The number of carbonyl (C=O) groups is 2. The molecule has 0 bridgehead atoms. The Morgan fingerprint density at radius 3 is 2.22 bits per heavy atom. The van der Waals surface area contributed by atoms with Gasteiger partial charge in [0.25, 0.3) is 0 Å². The molecule has 0 unspecified atom stereocenters. The summed E-state index contributed by atoms with van der Waals surface area (Å²) in [5, 5.41) is 8.29. The first kappa shape index (κ1) is 14.7. The van der Waals surface area contributed by atoms with Gasteiger partial charge in [0.15, 0.2) is 0 Å². The fourth-order valence-electron chi connectivity index (χ4n) is 1.77. The van der Waals surface area contributed by atoms with Gasteiger partial charge in [-0.3, -0.25) is 4.79 Å². The number of alkyl halides is 3. The van der Waals surface area contributed by atoms with Crippen molar-refractivity contribution in [2.24, 2.45) is 5.92 Å². The molecule has 1 saturated heterocycles. The fourth-order valence-corrected chi connectivity index (χ4v) is 1.77. The van der Waals surface area contributed by atoms with Crippen LogP contribution in [-0.2, 0) is 14.3 Å². The molecule has 8 heteroatoms. The molecule has 18 heavy (non-hydrogen) atoms. The molecule has 1 N–H and O–H groups in total. The number of rotatable bonds is 4. The van der Waals surface area contributed by atoms with Crippen LogP contribution in [-0.4, -0.2) is 54.4 Å². The zero-order chi connectivity index (χ0) is 13.8. The van der Waals surface area contributed by atoms with Crippen LogP contribution in [0.5, 0.6) is 0 Å². The Bertz CT molecular complexity index is 311. The van der Waals surface area contributed by atoms with E-state index in [9.17, 15) is 22.8 Å². The monoisotopic (exact) mass is 269 g/mol. The number of nitrogens with zero attached hydrogens (tertiary/aromatic N) is 1. The van der Waals surface area contributed by atoms with Crippen molar-refractivity contribution in [3.05, 3.63) is 0 Å². The van der Waals surface area contributed by atoms with Crippen LogP contribution in [0.4, 0.5) is 13.2 Å². The van der Waals surface area contributed by atoms with Crippen molar-refractivity contribution in [2.45, 2.75) is 19.0 Å². The molecule has 0 aromatic rings. The third-order valence-corrected chi connectivity index (χ3v) is 2.76. The molecule has 1 fully saturated rings. The largest absolute Gasteiger partial charge is 0.480 e. The van der Waals surface area contributed by atoms with E-state index >= 15 is 0 Å². The van der Waals surface area contributed by atoms with Crippen molar-refractivity contribution in [3.63, 3.8) is 0 Å². The maximum absolute atomic E-state index is 12.4. The summed E-state index contributed by atoms with van der Waals surface area (Å²) in [4.78, 5) is 22.9. The third-order valence-electron chi connectivity index (χ3n) is 2.76. The number of amides is 1. The molecule has 0 aromatic heterocycles. The Hall–Kier alpha value is -1.31. The predicted octanol–water partition coefficient (Wildman–Crippen LogP) is 0.889. The van der Waals surface area contributed by atoms with Crippen LogP contribution in [0.25, 0.3) is 0 Å². The van der Waals surface area contributed by atoms with Crippen molar-refractivity contribution in [3.8, 4) is 0 Å². The second-order valence-corrected chi connectivity index (χ2v) is 4.08. The summed E-state index contributed by atoms with van der Waals surface area (Å²) in [5.41, 5.74) is 0. The van der Waals surface area contributed by atoms with E-state index in [-0.39, 0.29) is 25.9 Å². The first-order valence-corrected chi connectivity index (χ1v) is 5.44. The van der Waals surface area contributed by atoms with Gasteiger partial charge in [-0.25, -0.2) is 4.79 Å². The normalized spacial score (nSPS) is 17.8. The molecule has 0 aliphatic carbocycles. The molecule has 1 aliphatic heterocycles. The van der Waals surface area contributed by atoms with Gasteiger partial charge in [-0.05, 0) is 12.8 Å². The summed E-state index contributed by atoms with van der Waals surface area (Å²) < 4.78 is 41.7. The molecule has 1 heterocycles. The molecule has 1 amide bonds. The highest BCUT2D eigenvalue weighted by Gasteiger charge is 2.41. The van der Waals surface area contributed by atoms with E-state index in [0.29, 0.717) is 0 Å². The number of hydrogen-bond donors (Lipinski definition) is 1. The van der Waals surface area contributed by atoms with Crippen LogP contribution in [0.2, 0.25) is 0 Å². The minimum Gasteiger partial charge on any atom is -0.480 e. The molecule has 0 radical (unpaired) electrons. The van der Waals surface area contributed by atoms with Crippen LogP contribution in [0, 0.1) is 5.92 Å². The highest BCUT2D eigenvalue weighted by Crippen LogP contribution is 2.33. The quantitative estimate of drug-likeness (QED) is 0.823. The van der Waals surface area contributed by atoms with Crippen molar-refractivity contribution in [2.75, 3.05) is 26.3 Å². The summed E-state index contributed by atoms with van der Waals surface area (Å²) in [6.45, 7) is -0.952. The first-order chi connectivity index (χ1) is 8.30. The maximum atomic E-state index is 12.4. The average molecular weight is 269 g/mol. The second kappa shape index (κ2) is 6.03. The van der Waals surface area contributed by atoms with E-state index in [1.54, 1.807) is 0 Å². The molecular formula is C10H14F3NO4. The van der Waals surface area contributed by atoms with Crippen molar-refractivity contribution >= 4 is 11.9 Å². The fraction of sp³-hybridized carbons (Fsp3) is 0.800. The summed E-state index contributed by atoms with van der Waals surface area (Å²) in [5.74, 6) is -3.03. The first-order valence-electron chi connectivity index (χ1n) is 5.44. The highest BCUT2D eigenvalue weighted by atomic mass is 19.4. The van der Waals surface area contributed by atoms with E-state index in [2.05, 4.69) is 4.74 Å². The number of carbonyl (C=O) groups excluding carboxylic acids is 1. The zero-order valence-corrected chi connectivity index (χ0v) is 9.57. The van der Waals surface area contributed by atoms with Gasteiger partial charge in [0.2, 0.25) is 5.91 Å². The number of carboxylic acids is 1. The lowest BCUT2D eigenvalue weighted by Crippen LogP contribution is -2.43. The molecule has 0 spiro atoms. The Morgan fingerprint density at radius 1 is 1.22 bits per heavy atom. The van der Waals surface area contributed by atoms with Crippen LogP contribution < -0.4 is 0 Å². The summed E-state index contributed by atoms with van der Waals surface area (Å²) in [6.07, 6.45) is -4.45. The van der Waals surface area contributed by atoms with E-state index in [4.69, 9.17) is 5.11 Å². The zero-order valence-electron chi connectivity index (χ0n) is 9.57. The van der Waals surface area contributed by atoms with Gasteiger partial charge in [-0.1, -0.05) is 0 Å². The lowest BCUT2D eigenvalue weighted by Gasteiger charge is -2.32. The summed E-state index contributed by atoms with van der Waals surface area (Å²) >= 11 is 0. The SMILES string of the molecule is O=C(O)COCC(=O)N1CCC(C(F)(F)F)CC1. The van der Waals surface area contributed by atoms with Crippen molar-refractivity contribution in [1.29, 1.82) is 0 Å². The molecular weight excluding hydrogens is 255 g/mol. The standard InChI is InChI=1S/C10H14F3NO4/c11-10(12,13)7-1-3-14(4-2-7)8(15)5-18-6-9(16)17/h7H,1-6H2,(H,16,17). The number of ether oxygens (including phenoxy) is 1. The topological polar surface area (TPSA) is 66.8 Å². The predicted molar refractivity (Wildman–Crippen MR) is 53.8 cm³/mol. The van der Waals surface area contributed by atoms with Gasteiger partial charge in [0, 0.05) is 13.1 Å². The van der Waals surface area contributed by atoms with Gasteiger partial charge in [-0.15, -0.1) is 0 Å². The van der Waals surface area contributed by atoms with Crippen LogP contribution in [0.1, 0.15) is 12.8 Å². The van der Waals surface area contributed by atoms with E-state index in [0.717, 1.165) is 0 Å². The molecule has 0 aromatic carbocycles. The lowest BCUT2D eigenvalue weighted by molar-refractivity contribution is -0.187. The second-order valence-electron chi connectivity index (χ2n) is 4.08. The minimum atomic E-state index is -4.21. The van der Waals surface area contributed by atoms with Gasteiger partial charge in [0.05, 0.1) is 5.92 Å². The van der Waals surface area contributed by atoms with Gasteiger partial charge >= 0.3 is 12.1 Å². The minimum absolute atomic E-state index is 0.0272. The smallest absolute Gasteiger partial charge is 0.391 e. The number of likely N-dealkylation sites (tertiary alicyclic amines) is 1. The summed E-state index contributed by atoms with van der Waals surface area (Å²) in [6, 6.07) is 0. The van der Waals surface area contributed by atoms with E-state index < -0.39 is 37.2 Å². The van der Waals surface area contributed by atoms with Gasteiger partial charge in [0.1, 0.15) is 13.2 Å². The van der Waals surface area contributed by atoms with Gasteiger partial charge < -0.3 is 14.7 Å². The Morgan fingerprint density at radius 2 is 1.78 bits per heavy atom.